The van der Waals surface area contributed by atoms with Crippen LogP contribution in [-0.2, 0) is 0 Å². The van der Waals surface area contributed by atoms with Crippen molar-refractivity contribution < 1.29 is 0 Å². The molecule has 0 aromatic rings. The molecule has 0 radical (unpaired) electrons. The van der Waals surface area contributed by atoms with Crippen molar-refractivity contribution >= 4 is 17.2 Å². The molecule has 0 heterocycles. The van der Waals surface area contributed by atoms with Gasteiger partial charge < -0.3 is 4.23 Å². The summed E-state index contributed by atoms with van der Waals surface area (Å²) in [6.45, 7) is 11.7. The Labute approximate surface area is 98.7 Å². The Morgan fingerprint density at radius 3 is 2.13 bits per heavy atom. The lowest BCUT2D eigenvalue weighted by molar-refractivity contribution is 0.795. The highest BCUT2D eigenvalue weighted by Crippen LogP contribution is 2.12. The highest BCUT2D eigenvalue weighted by molar-refractivity contribution is 6.88. The second-order valence-corrected chi connectivity index (χ2v) is 12.2. The molecule has 0 fully saturated rings. The van der Waals surface area contributed by atoms with Gasteiger partial charge in [-0.15, -0.1) is 0 Å². The topological polar surface area (TPSA) is 3.24 Å². The molecule has 0 aliphatic carbocycles. The Hall–Kier alpha value is -0.126. The van der Waals surface area contributed by atoms with Crippen molar-refractivity contribution in [2.24, 2.45) is 0 Å². The Kier molecular flexibility index (Phi) is 7.14. The summed E-state index contributed by atoms with van der Waals surface area (Å²) < 4.78 is 2.67. The molecule has 0 saturated heterocycles. The molecule has 0 spiro atoms. The molecule has 0 aliphatic rings. The summed E-state index contributed by atoms with van der Waals surface area (Å²) in [4.78, 5) is 0. The van der Waals surface area contributed by atoms with Gasteiger partial charge in [0.2, 0.25) is 0 Å². The quantitative estimate of drug-likeness (QED) is 0.644. The van der Waals surface area contributed by atoms with Crippen molar-refractivity contribution in [1.82, 2.24) is 4.23 Å². The van der Waals surface area contributed by atoms with Crippen molar-refractivity contribution in [2.45, 2.75) is 46.3 Å². The Balaban J connectivity index is 4.46. The summed E-state index contributed by atoms with van der Waals surface area (Å²) in [5.41, 5.74) is 4.92. The van der Waals surface area contributed by atoms with Crippen LogP contribution in [0.4, 0.5) is 0 Å². The van der Waals surface area contributed by atoms with Gasteiger partial charge in [0.15, 0.2) is 0 Å². The van der Waals surface area contributed by atoms with Crippen LogP contribution in [-0.4, -0.2) is 28.5 Å². The molecule has 0 amide bonds. The Morgan fingerprint density at radius 1 is 1.13 bits per heavy atom. The number of rotatable bonds is 6. The molecular formula is C12H27NSi2. The number of hydrogen-bond donors (Lipinski definition) is 0. The summed E-state index contributed by atoms with van der Waals surface area (Å²) in [6.07, 6.45) is 6.97. The highest BCUT2D eigenvalue weighted by atomic mass is 28.4. The molecule has 0 aliphatic heterocycles. The summed E-state index contributed by atoms with van der Waals surface area (Å²) in [6, 6.07) is 0. The van der Waals surface area contributed by atoms with Gasteiger partial charge in [-0.3, -0.25) is 0 Å². The minimum atomic E-state index is -1.28. The van der Waals surface area contributed by atoms with E-state index >= 15 is 0 Å². The monoisotopic (exact) mass is 241 g/mol. The van der Waals surface area contributed by atoms with E-state index < -0.39 is 17.2 Å². The number of nitrogens with zero attached hydrogens (tertiary/aromatic N) is 1. The number of hydrogen-bond acceptors (Lipinski definition) is 1. The molecule has 0 aromatic heterocycles. The fourth-order valence-corrected chi connectivity index (χ4v) is 8.20. The summed E-state index contributed by atoms with van der Waals surface area (Å²) in [7, 11) is 0.213. The lowest BCUT2D eigenvalue weighted by Gasteiger charge is -2.34. The molecule has 0 saturated carbocycles. The van der Waals surface area contributed by atoms with Crippen LogP contribution in [0.5, 0.6) is 0 Å². The third-order valence-electron chi connectivity index (χ3n) is 2.93. The molecule has 0 bridgehead atoms. The van der Waals surface area contributed by atoms with Crippen molar-refractivity contribution in [3.63, 3.8) is 0 Å². The molecule has 0 rings (SSSR count). The predicted octanol–water partition coefficient (Wildman–Crippen LogP) is 3.49. The second-order valence-electron chi connectivity index (χ2n) is 4.65. The maximum Gasteiger partial charge on any atom is 0.139 e. The van der Waals surface area contributed by atoms with E-state index in [0.717, 1.165) is 12.8 Å². The fraction of sp³-hybridized carbons (Fsp3) is 0.667. The summed E-state index contributed by atoms with van der Waals surface area (Å²) in [5, 5.41) is 0. The van der Waals surface area contributed by atoms with Crippen molar-refractivity contribution in [2.75, 3.05) is 7.05 Å². The minimum absolute atomic E-state index is 0.818. The SMILES string of the molecule is CC/C=C/[SiH](C)N(C)[Si](C)(C)/C=C/CC. The minimum Gasteiger partial charge on any atom is -0.345 e. The average Bonchev–Trinajstić information content (AvgIpc) is 2.21. The number of allylic oxidation sites excluding steroid dienone is 2. The maximum atomic E-state index is 2.67. The molecule has 0 aromatic carbocycles. The fourth-order valence-electron chi connectivity index (χ4n) is 1.51. The van der Waals surface area contributed by atoms with Crippen LogP contribution in [0.3, 0.4) is 0 Å². The van der Waals surface area contributed by atoms with E-state index in [1.54, 1.807) is 0 Å². The molecule has 88 valence electrons. The van der Waals surface area contributed by atoms with Gasteiger partial charge in [0.25, 0.3) is 0 Å². The molecule has 3 heteroatoms. The summed E-state index contributed by atoms with van der Waals surface area (Å²) in [5.74, 6) is 0. The first-order valence-electron chi connectivity index (χ1n) is 6.03. The van der Waals surface area contributed by atoms with Crippen LogP contribution >= 0.6 is 0 Å². The molecular weight excluding hydrogens is 214 g/mol. The maximum absolute atomic E-state index is 2.67. The van der Waals surface area contributed by atoms with Crippen LogP contribution in [0.2, 0.25) is 19.6 Å². The third-order valence-corrected chi connectivity index (χ3v) is 11.1. The van der Waals surface area contributed by atoms with Crippen LogP contribution in [0.25, 0.3) is 0 Å². The first-order valence-corrected chi connectivity index (χ1v) is 11.4. The second kappa shape index (κ2) is 7.20. The zero-order chi connectivity index (χ0) is 11.9. The summed E-state index contributed by atoms with van der Waals surface area (Å²) >= 11 is 0. The zero-order valence-corrected chi connectivity index (χ0v) is 13.4. The van der Waals surface area contributed by atoms with Gasteiger partial charge in [-0.05, 0) is 19.9 Å². The lowest BCUT2D eigenvalue weighted by atomic mass is 10.5. The van der Waals surface area contributed by atoms with E-state index in [9.17, 15) is 0 Å². The van der Waals surface area contributed by atoms with E-state index in [1.807, 2.05) is 0 Å². The first kappa shape index (κ1) is 14.9. The van der Waals surface area contributed by atoms with Crippen LogP contribution < -0.4 is 0 Å². The predicted molar refractivity (Wildman–Crippen MR) is 77.1 cm³/mol. The van der Waals surface area contributed by atoms with Crippen molar-refractivity contribution in [3.05, 3.63) is 23.6 Å². The lowest BCUT2D eigenvalue weighted by Crippen LogP contribution is -2.51. The molecule has 15 heavy (non-hydrogen) atoms. The van der Waals surface area contributed by atoms with Gasteiger partial charge in [-0.25, -0.2) is 0 Å². The van der Waals surface area contributed by atoms with E-state index in [2.05, 4.69) is 68.3 Å². The zero-order valence-electron chi connectivity index (χ0n) is 11.2. The van der Waals surface area contributed by atoms with Gasteiger partial charge in [-0.2, -0.15) is 0 Å². The van der Waals surface area contributed by atoms with Gasteiger partial charge in [0.05, 0.1) is 0 Å². The molecule has 1 atom stereocenters. The van der Waals surface area contributed by atoms with Crippen LogP contribution in [0, 0.1) is 0 Å². The molecule has 1 unspecified atom stereocenters. The van der Waals surface area contributed by atoms with Crippen LogP contribution in [0.1, 0.15) is 26.7 Å². The van der Waals surface area contributed by atoms with Crippen molar-refractivity contribution in [3.8, 4) is 0 Å². The smallest absolute Gasteiger partial charge is 0.139 e. The molecule has 1 nitrogen and oxygen atoms in total. The van der Waals surface area contributed by atoms with E-state index in [1.165, 1.54) is 0 Å². The third kappa shape index (κ3) is 5.49. The standard InChI is InChI=1S/C12H27NSi2/c1-7-9-11-14(4)13(3)15(5,6)12-10-8-2/h9-12,14H,7-8H2,1-6H3/b11-9+,12-10+. The van der Waals surface area contributed by atoms with E-state index in [4.69, 9.17) is 0 Å². The van der Waals surface area contributed by atoms with Gasteiger partial charge in [0, 0.05) is 0 Å². The average molecular weight is 242 g/mol. The highest BCUT2D eigenvalue weighted by Gasteiger charge is 2.26. The first-order chi connectivity index (χ1) is 6.95. The van der Waals surface area contributed by atoms with E-state index in [0.29, 0.717) is 0 Å². The molecule has 0 N–H and O–H groups in total. The van der Waals surface area contributed by atoms with Crippen LogP contribution in [0.15, 0.2) is 23.6 Å². The largest absolute Gasteiger partial charge is 0.345 e. The Morgan fingerprint density at radius 2 is 1.67 bits per heavy atom. The van der Waals surface area contributed by atoms with Gasteiger partial charge in [0.1, 0.15) is 17.2 Å². The normalized spacial score (nSPS) is 15.7. The Bertz CT molecular complexity index is 222. The van der Waals surface area contributed by atoms with Gasteiger partial charge >= 0.3 is 0 Å². The van der Waals surface area contributed by atoms with Gasteiger partial charge in [-0.1, -0.05) is 57.0 Å². The van der Waals surface area contributed by atoms with E-state index in [-0.39, 0.29) is 0 Å². The van der Waals surface area contributed by atoms with Crippen molar-refractivity contribution in [1.29, 1.82) is 0 Å².